The minimum absolute atomic E-state index is 0.0813. The molecule has 0 amide bonds. The molecule has 0 unspecified atom stereocenters. The van der Waals surface area contributed by atoms with E-state index in [-0.39, 0.29) is 11.0 Å². The minimum Gasteiger partial charge on any atom is -0.266 e. The Morgan fingerprint density at radius 2 is 1.75 bits per heavy atom. The summed E-state index contributed by atoms with van der Waals surface area (Å²) in [6.45, 7) is 6.51. The fraction of sp³-hybridized carbons (Fsp3) is 0.190. The van der Waals surface area contributed by atoms with Crippen LogP contribution in [-0.4, -0.2) is 14.6 Å². The molecule has 0 atom stereocenters. The second kappa shape index (κ2) is 6.99. The van der Waals surface area contributed by atoms with Gasteiger partial charge in [0.1, 0.15) is 0 Å². The first-order valence-electron chi connectivity index (χ1n) is 8.70. The van der Waals surface area contributed by atoms with Crippen LogP contribution in [0.4, 0.5) is 0 Å². The lowest BCUT2D eigenvalue weighted by Gasteiger charge is -2.18. The number of halogens is 2. The van der Waals surface area contributed by atoms with Crippen molar-refractivity contribution >= 4 is 45.6 Å². The molecule has 4 rings (SSSR count). The summed E-state index contributed by atoms with van der Waals surface area (Å²) in [5.41, 5.74) is 2.81. The van der Waals surface area contributed by atoms with Crippen molar-refractivity contribution in [2.45, 2.75) is 26.2 Å². The summed E-state index contributed by atoms with van der Waals surface area (Å²) in [6.07, 6.45) is 1.77. The zero-order valence-corrected chi connectivity index (χ0v) is 17.9. The number of hydrogen-bond acceptors (Lipinski definition) is 4. The van der Waals surface area contributed by atoms with E-state index < -0.39 is 0 Å². The third-order valence-corrected chi connectivity index (χ3v) is 6.13. The molecule has 4 aromatic rings. The molecule has 0 saturated carbocycles. The molecule has 2 heterocycles. The fourth-order valence-corrected chi connectivity index (χ4v) is 4.04. The highest BCUT2D eigenvalue weighted by molar-refractivity contribution is 7.15. The van der Waals surface area contributed by atoms with E-state index in [0.717, 1.165) is 11.1 Å². The first-order chi connectivity index (χ1) is 13.2. The fourth-order valence-electron chi connectivity index (χ4n) is 2.83. The van der Waals surface area contributed by atoms with E-state index in [1.807, 2.05) is 18.2 Å². The number of hydrogen-bond donors (Lipinski definition) is 0. The van der Waals surface area contributed by atoms with Crippen LogP contribution in [0.1, 0.15) is 31.9 Å². The largest absolute Gasteiger partial charge is 0.291 e. The monoisotopic (exact) mass is 429 g/mol. The second-order valence-corrected chi connectivity index (χ2v) is 9.37. The normalized spacial score (nSPS) is 12.8. The Hall–Kier alpha value is -2.21. The van der Waals surface area contributed by atoms with Crippen LogP contribution in [0.3, 0.4) is 0 Å². The van der Waals surface area contributed by atoms with Gasteiger partial charge in [0.05, 0.1) is 14.6 Å². The van der Waals surface area contributed by atoms with Crippen molar-refractivity contribution in [3.05, 3.63) is 78.5 Å². The van der Waals surface area contributed by atoms with Gasteiger partial charge >= 0.3 is 0 Å². The van der Waals surface area contributed by atoms with Crippen LogP contribution in [0, 0.1) is 0 Å². The van der Waals surface area contributed by atoms with Crippen LogP contribution in [0.25, 0.3) is 22.4 Å². The summed E-state index contributed by atoms with van der Waals surface area (Å²) in [4.78, 5) is 17.8. The maximum Gasteiger partial charge on any atom is 0.291 e. The van der Waals surface area contributed by atoms with Crippen molar-refractivity contribution in [1.29, 1.82) is 0 Å². The molecular formula is C21H17Cl2N3OS. The maximum absolute atomic E-state index is 12.7. The summed E-state index contributed by atoms with van der Waals surface area (Å²) in [5.74, 6) is 0.546. The van der Waals surface area contributed by atoms with Gasteiger partial charge in [-0.05, 0) is 34.8 Å². The first-order valence-corrected chi connectivity index (χ1v) is 10.3. The summed E-state index contributed by atoms with van der Waals surface area (Å²) in [6, 6.07) is 13.4. The topological polar surface area (TPSA) is 47.3 Å². The summed E-state index contributed by atoms with van der Waals surface area (Å²) >= 11 is 13.3. The average Bonchev–Trinajstić information content (AvgIpc) is 3.18. The van der Waals surface area contributed by atoms with Crippen LogP contribution < -0.4 is 10.1 Å². The van der Waals surface area contributed by atoms with Crippen LogP contribution in [0.5, 0.6) is 0 Å². The molecule has 0 aliphatic carbocycles. The Morgan fingerprint density at radius 1 is 1.04 bits per heavy atom. The molecule has 4 nitrogen and oxygen atoms in total. The van der Waals surface area contributed by atoms with Gasteiger partial charge in [0.2, 0.25) is 4.96 Å². The van der Waals surface area contributed by atoms with Crippen LogP contribution in [0.15, 0.2) is 47.3 Å². The molecule has 28 heavy (non-hydrogen) atoms. The quantitative estimate of drug-likeness (QED) is 0.451. The van der Waals surface area contributed by atoms with Gasteiger partial charge in [0.25, 0.3) is 5.56 Å². The number of benzene rings is 2. The molecule has 0 bridgehead atoms. The number of nitrogens with zero attached hydrogens (tertiary/aromatic N) is 3. The molecule has 0 N–H and O–H groups in total. The van der Waals surface area contributed by atoms with E-state index in [0.29, 0.717) is 25.4 Å². The van der Waals surface area contributed by atoms with E-state index in [4.69, 9.17) is 23.2 Å². The van der Waals surface area contributed by atoms with E-state index in [1.54, 1.807) is 18.2 Å². The number of rotatable bonds is 2. The van der Waals surface area contributed by atoms with Gasteiger partial charge in [0, 0.05) is 5.56 Å². The van der Waals surface area contributed by atoms with E-state index in [9.17, 15) is 4.79 Å². The Bertz CT molecular complexity index is 1280. The predicted octanol–water partition coefficient (Wildman–Crippen LogP) is 4.97. The van der Waals surface area contributed by atoms with Crippen LogP contribution >= 0.6 is 34.5 Å². The van der Waals surface area contributed by atoms with E-state index in [2.05, 4.69) is 43.0 Å². The molecule has 2 aromatic carbocycles. The Labute approximate surface area is 176 Å². The van der Waals surface area contributed by atoms with Crippen molar-refractivity contribution in [1.82, 2.24) is 14.6 Å². The van der Waals surface area contributed by atoms with Gasteiger partial charge in [-0.1, -0.05) is 85.6 Å². The molecule has 142 valence electrons. The highest BCUT2D eigenvalue weighted by Crippen LogP contribution is 2.25. The standard InChI is InChI=1S/C21H17Cl2N3OS/c1-21(2,3)14-7-5-13(6-8-14)18-24-20-26(25-18)19(27)17(28-20)11-12-4-9-15(22)16(23)10-12/h4-11H,1-3H3. The highest BCUT2D eigenvalue weighted by atomic mass is 35.5. The third-order valence-electron chi connectivity index (χ3n) is 4.43. The molecule has 0 spiro atoms. The SMILES string of the molecule is CC(C)(C)c1ccc(-c2nc3sc(=Cc4ccc(Cl)c(Cl)c4)c(=O)n3n2)cc1. The lowest BCUT2D eigenvalue weighted by atomic mass is 9.87. The number of fused-ring (bicyclic) bond motifs is 1. The van der Waals surface area contributed by atoms with Gasteiger partial charge in [0.15, 0.2) is 5.82 Å². The average molecular weight is 430 g/mol. The van der Waals surface area contributed by atoms with Crippen molar-refractivity contribution in [2.75, 3.05) is 0 Å². The van der Waals surface area contributed by atoms with Crippen LogP contribution in [-0.2, 0) is 5.41 Å². The molecule has 0 fully saturated rings. The molecule has 0 saturated heterocycles. The molecule has 0 aliphatic rings. The molecule has 0 aliphatic heterocycles. The van der Waals surface area contributed by atoms with Gasteiger partial charge < -0.3 is 0 Å². The van der Waals surface area contributed by atoms with E-state index >= 15 is 0 Å². The summed E-state index contributed by atoms with van der Waals surface area (Å²) in [7, 11) is 0. The Morgan fingerprint density at radius 3 is 2.36 bits per heavy atom. The van der Waals surface area contributed by atoms with Gasteiger partial charge in [-0.3, -0.25) is 4.79 Å². The van der Waals surface area contributed by atoms with Crippen molar-refractivity contribution in [3.63, 3.8) is 0 Å². The van der Waals surface area contributed by atoms with Crippen molar-refractivity contribution < 1.29 is 0 Å². The molecule has 0 radical (unpaired) electrons. The van der Waals surface area contributed by atoms with Crippen molar-refractivity contribution in [3.8, 4) is 11.4 Å². The maximum atomic E-state index is 12.7. The predicted molar refractivity (Wildman–Crippen MR) is 117 cm³/mol. The zero-order chi connectivity index (χ0) is 20.1. The Balaban J connectivity index is 1.73. The van der Waals surface area contributed by atoms with Crippen molar-refractivity contribution in [2.24, 2.45) is 0 Å². The summed E-state index contributed by atoms with van der Waals surface area (Å²) < 4.78 is 1.89. The first kappa shape index (κ1) is 19.1. The van der Waals surface area contributed by atoms with Crippen LogP contribution in [0.2, 0.25) is 10.0 Å². The lowest BCUT2D eigenvalue weighted by Crippen LogP contribution is -2.23. The van der Waals surface area contributed by atoms with Gasteiger partial charge in [-0.25, -0.2) is 0 Å². The number of aromatic nitrogens is 3. The number of thiazole rings is 1. The Kier molecular flexibility index (Phi) is 4.78. The third kappa shape index (κ3) is 3.58. The summed E-state index contributed by atoms with van der Waals surface area (Å²) in [5, 5.41) is 5.33. The highest BCUT2D eigenvalue weighted by Gasteiger charge is 2.15. The van der Waals surface area contributed by atoms with E-state index in [1.165, 1.54) is 21.4 Å². The smallest absolute Gasteiger partial charge is 0.266 e. The zero-order valence-electron chi connectivity index (χ0n) is 15.5. The minimum atomic E-state index is -0.198. The molecular weight excluding hydrogens is 413 g/mol. The second-order valence-electron chi connectivity index (χ2n) is 7.55. The molecule has 7 heteroatoms. The lowest BCUT2D eigenvalue weighted by molar-refractivity contribution is 0.590. The molecule has 2 aromatic heterocycles. The van der Waals surface area contributed by atoms with Gasteiger partial charge in [-0.15, -0.1) is 5.10 Å². The van der Waals surface area contributed by atoms with Gasteiger partial charge in [-0.2, -0.15) is 9.50 Å².